The Hall–Kier alpha value is -4.11. The molecule has 2 atom stereocenters. The molecule has 5 rings (SSSR count). The van der Waals surface area contributed by atoms with Gasteiger partial charge in [0.25, 0.3) is 0 Å². The second-order valence-electron chi connectivity index (χ2n) is 8.57. The van der Waals surface area contributed by atoms with Crippen molar-refractivity contribution in [3.05, 3.63) is 95.1 Å². The Balaban J connectivity index is 1.51. The van der Waals surface area contributed by atoms with Crippen molar-refractivity contribution >= 4 is 29.3 Å². The quantitative estimate of drug-likeness (QED) is 0.383. The summed E-state index contributed by atoms with van der Waals surface area (Å²) in [6.07, 6.45) is 0. The van der Waals surface area contributed by atoms with Crippen LogP contribution in [0.25, 0.3) is 11.4 Å². The lowest BCUT2D eigenvalue weighted by Crippen LogP contribution is -2.41. The van der Waals surface area contributed by atoms with Gasteiger partial charge < -0.3 is 15.5 Å². The molecule has 0 unspecified atom stereocenters. The van der Waals surface area contributed by atoms with Crippen molar-refractivity contribution in [3.8, 4) is 11.4 Å². The SMILES string of the molecule is COC(=O)c1ccc([C@H]2Nn3c(nnc3-c3ccccc3)S[C@@H]2C(=O)Nc2ccc(C)cc2C)cc1. The number of nitrogens with one attached hydrogen (secondary N) is 2. The van der Waals surface area contributed by atoms with E-state index in [2.05, 4.69) is 20.9 Å². The highest BCUT2D eigenvalue weighted by Crippen LogP contribution is 2.39. The summed E-state index contributed by atoms with van der Waals surface area (Å²) in [6, 6.07) is 22.3. The number of hydrogen-bond acceptors (Lipinski definition) is 7. The Labute approximate surface area is 213 Å². The van der Waals surface area contributed by atoms with E-state index in [1.165, 1.54) is 18.9 Å². The van der Waals surface area contributed by atoms with Crippen molar-refractivity contribution in [1.29, 1.82) is 0 Å². The number of fused-ring (bicyclic) bond motifs is 1. The Bertz CT molecular complexity index is 1420. The molecule has 0 saturated heterocycles. The van der Waals surface area contributed by atoms with E-state index in [9.17, 15) is 9.59 Å². The fraction of sp³-hybridized carbons (Fsp3) is 0.185. The Morgan fingerprint density at radius 1 is 1.00 bits per heavy atom. The summed E-state index contributed by atoms with van der Waals surface area (Å²) in [5.74, 6) is 0.0867. The van der Waals surface area contributed by atoms with Crippen LogP contribution < -0.4 is 10.7 Å². The molecule has 1 aliphatic rings. The lowest BCUT2D eigenvalue weighted by molar-refractivity contribution is -0.116. The number of carbonyl (C=O) groups is 2. The summed E-state index contributed by atoms with van der Waals surface area (Å²) in [7, 11) is 1.35. The normalized spacial score (nSPS) is 16.5. The van der Waals surface area contributed by atoms with E-state index in [0.717, 1.165) is 27.9 Å². The molecule has 2 N–H and O–H groups in total. The maximum absolute atomic E-state index is 13.6. The molecule has 3 aromatic carbocycles. The van der Waals surface area contributed by atoms with Crippen molar-refractivity contribution in [2.24, 2.45) is 0 Å². The van der Waals surface area contributed by atoms with Gasteiger partial charge >= 0.3 is 5.97 Å². The topological polar surface area (TPSA) is 98.1 Å². The molecule has 0 saturated carbocycles. The number of nitrogens with zero attached hydrogens (tertiary/aromatic N) is 3. The summed E-state index contributed by atoms with van der Waals surface area (Å²) in [6.45, 7) is 3.99. The number of ether oxygens (including phenoxy) is 1. The maximum atomic E-state index is 13.6. The third-order valence-electron chi connectivity index (χ3n) is 6.06. The number of aryl methyl sites for hydroxylation is 2. The Morgan fingerprint density at radius 2 is 1.75 bits per heavy atom. The first-order chi connectivity index (χ1) is 17.4. The van der Waals surface area contributed by atoms with E-state index in [0.29, 0.717) is 16.5 Å². The van der Waals surface area contributed by atoms with Crippen LogP contribution in [0.15, 0.2) is 78.0 Å². The second kappa shape index (κ2) is 9.87. The van der Waals surface area contributed by atoms with Crippen LogP contribution in [0.2, 0.25) is 0 Å². The van der Waals surface area contributed by atoms with Crippen LogP contribution in [0.1, 0.15) is 33.1 Å². The molecular weight excluding hydrogens is 474 g/mol. The van der Waals surface area contributed by atoms with Crippen LogP contribution in [0.4, 0.5) is 5.69 Å². The molecule has 8 nitrogen and oxygen atoms in total. The van der Waals surface area contributed by atoms with E-state index in [1.54, 1.807) is 12.1 Å². The summed E-state index contributed by atoms with van der Waals surface area (Å²) in [5, 5.41) is 11.9. The van der Waals surface area contributed by atoms with Gasteiger partial charge in [-0.3, -0.25) is 4.79 Å². The van der Waals surface area contributed by atoms with Gasteiger partial charge in [0.1, 0.15) is 5.25 Å². The molecule has 4 aromatic rings. The van der Waals surface area contributed by atoms with Crippen LogP contribution in [0.5, 0.6) is 0 Å². The number of methoxy groups -OCH3 is 1. The van der Waals surface area contributed by atoms with Crippen LogP contribution >= 0.6 is 11.8 Å². The van der Waals surface area contributed by atoms with E-state index < -0.39 is 17.3 Å². The van der Waals surface area contributed by atoms with Gasteiger partial charge in [0.15, 0.2) is 5.82 Å². The third-order valence-corrected chi connectivity index (χ3v) is 7.27. The Kier molecular flexibility index (Phi) is 6.47. The molecule has 1 aliphatic heterocycles. The fourth-order valence-corrected chi connectivity index (χ4v) is 5.26. The standard InChI is InChI=1S/C27H25N5O3S/c1-16-9-14-21(17(2)15-16)28-25(33)23-22(18-10-12-20(13-11-18)26(34)35-3)31-32-24(29-30-27(32)36-23)19-7-5-4-6-8-19/h4-15,22-23,31H,1-3H3,(H,28,33)/t22-,23+/m1/s1. The Morgan fingerprint density at radius 3 is 2.44 bits per heavy atom. The van der Waals surface area contributed by atoms with Crippen LogP contribution in [0, 0.1) is 13.8 Å². The minimum atomic E-state index is -0.546. The molecule has 0 radical (unpaired) electrons. The van der Waals surface area contributed by atoms with Crippen molar-refractivity contribution in [1.82, 2.24) is 14.9 Å². The van der Waals surface area contributed by atoms with E-state index >= 15 is 0 Å². The number of esters is 1. The number of anilines is 1. The smallest absolute Gasteiger partial charge is 0.337 e. The molecule has 0 fully saturated rings. The first-order valence-corrected chi connectivity index (χ1v) is 12.3. The lowest BCUT2D eigenvalue weighted by Gasteiger charge is -2.33. The molecule has 182 valence electrons. The van der Waals surface area contributed by atoms with E-state index in [4.69, 9.17) is 4.74 Å². The monoisotopic (exact) mass is 499 g/mol. The predicted molar refractivity (Wildman–Crippen MR) is 140 cm³/mol. The van der Waals surface area contributed by atoms with Crippen LogP contribution in [-0.4, -0.2) is 39.1 Å². The summed E-state index contributed by atoms with van der Waals surface area (Å²) in [4.78, 5) is 25.5. The molecule has 2 heterocycles. The molecule has 9 heteroatoms. The van der Waals surface area contributed by atoms with Gasteiger partial charge in [0, 0.05) is 11.3 Å². The summed E-state index contributed by atoms with van der Waals surface area (Å²) in [5.41, 5.74) is 8.53. The molecule has 0 aliphatic carbocycles. The third kappa shape index (κ3) is 4.57. The number of thioether (sulfide) groups is 1. The van der Waals surface area contributed by atoms with E-state index in [-0.39, 0.29) is 5.91 Å². The number of benzene rings is 3. The largest absolute Gasteiger partial charge is 0.465 e. The number of rotatable bonds is 5. The van der Waals surface area contributed by atoms with Gasteiger partial charge in [-0.15, -0.1) is 10.2 Å². The molecule has 1 amide bonds. The fourth-order valence-electron chi connectivity index (χ4n) is 4.18. The van der Waals surface area contributed by atoms with Crippen LogP contribution in [-0.2, 0) is 9.53 Å². The van der Waals surface area contributed by atoms with Gasteiger partial charge in [-0.25, -0.2) is 9.47 Å². The van der Waals surface area contributed by atoms with Gasteiger partial charge in [0.2, 0.25) is 11.1 Å². The van der Waals surface area contributed by atoms with Gasteiger partial charge in [-0.1, -0.05) is 71.9 Å². The highest BCUT2D eigenvalue weighted by Gasteiger charge is 2.38. The van der Waals surface area contributed by atoms with E-state index in [1.807, 2.05) is 79.2 Å². The zero-order chi connectivity index (χ0) is 25.2. The number of carbonyl (C=O) groups excluding carboxylic acids is 2. The summed E-state index contributed by atoms with van der Waals surface area (Å²) >= 11 is 1.35. The highest BCUT2D eigenvalue weighted by atomic mass is 32.2. The average molecular weight is 500 g/mol. The molecule has 0 spiro atoms. The highest BCUT2D eigenvalue weighted by molar-refractivity contribution is 8.00. The van der Waals surface area contributed by atoms with Crippen LogP contribution in [0.3, 0.4) is 0 Å². The maximum Gasteiger partial charge on any atom is 0.337 e. The van der Waals surface area contributed by atoms with Gasteiger partial charge in [-0.2, -0.15) is 0 Å². The number of hydrogen-bond donors (Lipinski definition) is 2. The van der Waals surface area contributed by atoms with Crippen molar-refractivity contribution in [3.63, 3.8) is 0 Å². The molecule has 1 aromatic heterocycles. The van der Waals surface area contributed by atoms with Crippen molar-refractivity contribution in [2.45, 2.75) is 30.3 Å². The zero-order valence-electron chi connectivity index (χ0n) is 20.1. The lowest BCUT2D eigenvalue weighted by atomic mass is 10.0. The molecule has 36 heavy (non-hydrogen) atoms. The minimum Gasteiger partial charge on any atom is -0.465 e. The molecule has 0 bridgehead atoms. The van der Waals surface area contributed by atoms with Gasteiger partial charge in [-0.05, 0) is 43.2 Å². The summed E-state index contributed by atoms with van der Waals surface area (Å²) < 4.78 is 6.64. The zero-order valence-corrected chi connectivity index (χ0v) is 20.9. The first kappa shape index (κ1) is 23.6. The minimum absolute atomic E-state index is 0.156. The molecular formula is C27H25N5O3S. The van der Waals surface area contributed by atoms with Crippen molar-refractivity contribution < 1.29 is 14.3 Å². The number of amides is 1. The average Bonchev–Trinajstić information content (AvgIpc) is 3.32. The predicted octanol–water partition coefficient (Wildman–Crippen LogP) is 4.75. The first-order valence-electron chi connectivity index (χ1n) is 11.4. The second-order valence-corrected chi connectivity index (χ2v) is 9.68. The number of aromatic nitrogens is 3. The van der Waals surface area contributed by atoms with Crippen molar-refractivity contribution in [2.75, 3.05) is 17.9 Å². The van der Waals surface area contributed by atoms with Gasteiger partial charge in [0.05, 0.1) is 18.7 Å².